The van der Waals surface area contributed by atoms with Crippen LogP contribution >= 0.6 is 0 Å². The second-order valence-corrected chi connectivity index (χ2v) is 6.80. The monoisotopic (exact) mass is 402 g/mol. The van der Waals surface area contributed by atoms with Crippen molar-refractivity contribution in [3.8, 4) is 16.9 Å². The summed E-state index contributed by atoms with van der Waals surface area (Å²) in [6, 6.07) is 17.1. The van der Waals surface area contributed by atoms with E-state index >= 15 is 0 Å². The van der Waals surface area contributed by atoms with E-state index < -0.39 is 0 Å². The third kappa shape index (κ3) is 3.62. The number of aryl methyl sites for hydroxylation is 1. The summed E-state index contributed by atoms with van der Waals surface area (Å²) in [5.41, 5.74) is 5.13. The van der Waals surface area contributed by atoms with Crippen LogP contribution in [-0.4, -0.2) is 34.7 Å². The molecule has 0 atom stereocenters. The minimum atomic E-state index is -0.264. The lowest BCUT2D eigenvalue weighted by Gasteiger charge is -2.10. The fourth-order valence-electron chi connectivity index (χ4n) is 3.40. The zero-order valence-corrected chi connectivity index (χ0v) is 17.0. The number of carbonyl (C=O) groups is 1. The van der Waals surface area contributed by atoms with Crippen LogP contribution in [-0.2, 0) is 11.3 Å². The van der Waals surface area contributed by atoms with Crippen molar-refractivity contribution in [3.05, 3.63) is 77.7 Å². The molecule has 2 aromatic carbocycles. The summed E-state index contributed by atoms with van der Waals surface area (Å²) in [6.45, 7) is 2.20. The van der Waals surface area contributed by atoms with E-state index in [4.69, 9.17) is 9.47 Å². The fourth-order valence-corrected chi connectivity index (χ4v) is 3.40. The molecule has 0 fully saturated rings. The predicted octanol–water partition coefficient (Wildman–Crippen LogP) is 4.11. The van der Waals surface area contributed by atoms with Gasteiger partial charge in [-0.2, -0.15) is 5.10 Å². The molecule has 0 bridgehead atoms. The van der Waals surface area contributed by atoms with Gasteiger partial charge in [0, 0.05) is 25.1 Å². The van der Waals surface area contributed by atoms with Crippen molar-refractivity contribution >= 4 is 17.2 Å². The molecular formula is C23H22N4O3. The summed E-state index contributed by atoms with van der Waals surface area (Å²) in [5.74, 6) is 0.405. The van der Waals surface area contributed by atoms with Crippen molar-refractivity contribution in [2.45, 2.75) is 13.5 Å². The Morgan fingerprint density at radius 1 is 1.10 bits per heavy atom. The van der Waals surface area contributed by atoms with Gasteiger partial charge in [0.05, 0.1) is 36.2 Å². The smallest absolute Gasteiger partial charge is 0.259 e. The number of aromatic nitrogens is 3. The number of benzene rings is 2. The van der Waals surface area contributed by atoms with Crippen molar-refractivity contribution in [1.29, 1.82) is 0 Å². The van der Waals surface area contributed by atoms with E-state index in [1.54, 1.807) is 37.1 Å². The Labute approximate surface area is 174 Å². The van der Waals surface area contributed by atoms with Gasteiger partial charge in [0.2, 0.25) is 0 Å². The molecule has 1 N–H and O–H groups in total. The Morgan fingerprint density at radius 2 is 1.90 bits per heavy atom. The lowest BCUT2D eigenvalue weighted by atomic mass is 10.1. The number of nitrogens with zero attached hydrogens (tertiary/aromatic N) is 3. The number of anilines is 1. The molecule has 2 heterocycles. The molecule has 152 valence electrons. The molecular weight excluding hydrogens is 380 g/mol. The topological polar surface area (TPSA) is 77.8 Å². The Hall–Kier alpha value is -3.71. The van der Waals surface area contributed by atoms with Gasteiger partial charge in [-0.25, -0.2) is 9.50 Å². The van der Waals surface area contributed by atoms with Gasteiger partial charge in [-0.05, 0) is 24.6 Å². The van der Waals surface area contributed by atoms with E-state index in [1.807, 2.05) is 49.4 Å². The maximum Gasteiger partial charge on any atom is 0.259 e. The van der Waals surface area contributed by atoms with Gasteiger partial charge in [0.1, 0.15) is 5.75 Å². The third-order valence-corrected chi connectivity index (χ3v) is 4.87. The second-order valence-electron chi connectivity index (χ2n) is 6.80. The maximum atomic E-state index is 12.9. The summed E-state index contributed by atoms with van der Waals surface area (Å²) >= 11 is 0. The highest BCUT2D eigenvalue weighted by Gasteiger charge is 2.20. The summed E-state index contributed by atoms with van der Waals surface area (Å²) in [4.78, 5) is 17.5. The summed E-state index contributed by atoms with van der Waals surface area (Å²) in [7, 11) is 3.22. The third-order valence-electron chi connectivity index (χ3n) is 4.87. The Balaban J connectivity index is 1.76. The van der Waals surface area contributed by atoms with E-state index in [0.29, 0.717) is 34.9 Å². The number of nitrogens with one attached hydrogen (secondary N) is 1. The summed E-state index contributed by atoms with van der Waals surface area (Å²) in [5, 5.41) is 7.58. The first-order valence-corrected chi connectivity index (χ1v) is 9.49. The lowest BCUT2D eigenvalue weighted by Crippen LogP contribution is -2.16. The van der Waals surface area contributed by atoms with Crippen LogP contribution in [0.25, 0.3) is 16.8 Å². The van der Waals surface area contributed by atoms with E-state index in [2.05, 4.69) is 15.4 Å². The Bertz CT molecular complexity index is 1200. The molecule has 0 aliphatic rings. The van der Waals surface area contributed by atoms with Gasteiger partial charge in [-0.3, -0.25) is 4.79 Å². The summed E-state index contributed by atoms with van der Waals surface area (Å²) in [6.07, 6.45) is 1.59. The van der Waals surface area contributed by atoms with E-state index in [9.17, 15) is 4.79 Å². The van der Waals surface area contributed by atoms with Gasteiger partial charge in [-0.1, -0.05) is 36.4 Å². The number of fused-ring (bicyclic) bond motifs is 1. The van der Waals surface area contributed by atoms with Crippen molar-refractivity contribution in [3.63, 3.8) is 0 Å². The second kappa shape index (κ2) is 8.34. The fraction of sp³-hybridized carbons (Fsp3) is 0.174. The molecule has 0 radical (unpaired) electrons. The highest BCUT2D eigenvalue weighted by atomic mass is 16.5. The normalized spacial score (nSPS) is 10.9. The van der Waals surface area contributed by atoms with Gasteiger partial charge in [-0.15, -0.1) is 0 Å². The number of ether oxygens (including phenoxy) is 2. The predicted molar refractivity (Wildman–Crippen MR) is 115 cm³/mol. The average Bonchev–Trinajstić information content (AvgIpc) is 3.14. The molecule has 7 heteroatoms. The first-order valence-electron chi connectivity index (χ1n) is 9.49. The molecule has 4 rings (SSSR count). The molecule has 0 aliphatic carbocycles. The minimum Gasteiger partial charge on any atom is -0.497 e. The highest BCUT2D eigenvalue weighted by molar-refractivity contribution is 6.05. The van der Waals surface area contributed by atoms with Crippen LogP contribution in [0.2, 0.25) is 0 Å². The van der Waals surface area contributed by atoms with Crippen LogP contribution in [0.4, 0.5) is 5.69 Å². The number of methoxy groups -OCH3 is 2. The van der Waals surface area contributed by atoms with Crippen LogP contribution in [0.1, 0.15) is 21.7 Å². The van der Waals surface area contributed by atoms with Crippen LogP contribution in [0.3, 0.4) is 0 Å². The Kier molecular flexibility index (Phi) is 5.45. The van der Waals surface area contributed by atoms with Gasteiger partial charge >= 0.3 is 0 Å². The molecule has 0 saturated carbocycles. The van der Waals surface area contributed by atoms with Crippen molar-refractivity contribution in [2.24, 2.45) is 0 Å². The van der Waals surface area contributed by atoms with Crippen molar-refractivity contribution in [1.82, 2.24) is 14.6 Å². The molecule has 30 heavy (non-hydrogen) atoms. The molecule has 4 aromatic rings. The molecule has 0 saturated heterocycles. The zero-order chi connectivity index (χ0) is 21.1. The molecule has 1 amide bonds. The number of carbonyl (C=O) groups excluding carboxylic acids is 1. The van der Waals surface area contributed by atoms with Crippen LogP contribution < -0.4 is 10.1 Å². The van der Waals surface area contributed by atoms with Crippen molar-refractivity contribution in [2.75, 3.05) is 19.5 Å². The maximum absolute atomic E-state index is 12.9. The number of hydrogen-bond acceptors (Lipinski definition) is 5. The number of hydrogen-bond donors (Lipinski definition) is 1. The Morgan fingerprint density at radius 3 is 2.63 bits per heavy atom. The van der Waals surface area contributed by atoms with Gasteiger partial charge in [0.15, 0.2) is 5.65 Å². The number of rotatable bonds is 6. The van der Waals surface area contributed by atoms with Crippen LogP contribution in [0.15, 0.2) is 60.8 Å². The molecule has 2 aromatic heterocycles. The SMILES string of the molecule is COCc1nn2c(C)c(C(=O)Nc3cccc(OC)c3)cnc2c1-c1ccccc1. The van der Waals surface area contributed by atoms with Crippen LogP contribution in [0, 0.1) is 6.92 Å². The molecule has 0 unspecified atom stereocenters. The first kappa shape index (κ1) is 19.6. The van der Waals surface area contributed by atoms with Crippen LogP contribution in [0.5, 0.6) is 5.75 Å². The van der Waals surface area contributed by atoms with E-state index in [-0.39, 0.29) is 5.91 Å². The van der Waals surface area contributed by atoms with Gasteiger partial charge in [0.25, 0.3) is 5.91 Å². The molecule has 7 nitrogen and oxygen atoms in total. The molecule has 0 spiro atoms. The van der Waals surface area contributed by atoms with Gasteiger partial charge < -0.3 is 14.8 Å². The minimum absolute atomic E-state index is 0.264. The van der Waals surface area contributed by atoms with E-state index in [0.717, 1.165) is 16.8 Å². The largest absolute Gasteiger partial charge is 0.497 e. The quantitative estimate of drug-likeness (QED) is 0.525. The first-order chi connectivity index (χ1) is 14.6. The van der Waals surface area contributed by atoms with E-state index in [1.165, 1.54) is 0 Å². The average molecular weight is 402 g/mol. The highest BCUT2D eigenvalue weighted by Crippen LogP contribution is 2.29. The summed E-state index contributed by atoms with van der Waals surface area (Å²) < 4.78 is 12.3. The lowest BCUT2D eigenvalue weighted by molar-refractivity contribution is 0.102. The molecule has 0 aliphatic heterocycles. The standard InChI is InChI=1S/C23H22N4O3/c1-15-19(23(28)25-17-10-7-11-18(12-17)30-3)13-24-22-21(16-8-5-4-6-9-16)20(14-29-2)26-27(15)22/h4-13H,14H2,1-3H3,(H,25,28). The van der Waals surface area contributed by atoms with Crippen molar-refractivity contribution < 1.29 is 14.3 Å². The zero-order valence-electron chi connectivity index (χ0n) is 17.0. The number of amides is 1.